The fourth-order valence-corrected chi connectivity index (χ4v) is 2.19. The molecule has 0 bridgehead atoms. The summed E-state index contributed by atoms with van der Waals surface area (Å²) in [6, 6.07) is 3.05. The molecule has 19 heavy (non-hydrogen) atoms. The number of hydrogen-bond donors (Lipinski definition) is 1. The van der Waals surface area contributed by atoms with Gasteiger partial charge in [0, 0.05) is 0 Å². The van der Waals surface area contributed by atoms with E-state index in [0.717, 1.165) is 0 Å². The highest BCUT2D eigenvalue weighted by Gasteiger charge is 2.16. The Morgan fingerprint density at radius 2 is 1.89 bits per heavy atom. The van der Waals surface area contributed by atoms with E-state index in [-0.39, 0.29) is 6.42 Å². The second kappa shape index (κ2) is 5.36. The number of aromatic nitrogens is 3. The number of hydrogen-bond acceptors (Lipinski definition) is 3. The van der Waals surface area contributed by atoms with Gasteiger partial charge < -0.3 is 5.11 Å². The molecule has 2 rings (SSSR count). The fraction of sp³-hybridized carbons (Fsp3) is 0.182. The average molecular weight is 321 g/mol. The molecule has 100 valence electrons. The monoisotopic (exact) mass is 319 g/mol. The van der Waals surface area contributed by atoms with Crippen LogP contribution in [0.4, 0.5) is 0 Å². The van der Waals surface area contributed by atoms with E-state index in [9.17, 15) is 4.79 Å². The largest absolute Gasteiger partial charge is 0.481 e. The molecule has 0 spiro atoms. The molecule has 0 amide bonds. The van der Waals surface area contributed by atoms with Gasteiger partial charge in [-0.05, 0) is 19.1 Å². The predicted molar refractivity (Wildman–Crippen MR) is 72.5 cm³/mol. The van der Waals surface area contributed by atoms with Crippen molar-refractivity contribution >= 4 is 40.8 Å². The highest BCUT2D eigenvalue weighted by Crippen LogP contribution is 2.31. The van der Waals surface area contributed by atoms with Gasteiger partial charge in [-0.3, -0.25) is 4.79 Å². The normalized spacial score (nSPS) is 10.7. The van der Waals surface area contributed by atoms with Crippen molar-refractivity contribution < 1.29 is 9.90 Å². The number of halogens is 3. The van der Waals surface area contributed by atoms with Crippen LogP contribution in [0.2, 0.25) is 15.1 Å². The van der Waals surface area contributed by atoms with Crippen molar-refractivity contribution in [3.63, 3.8) is 0 Å². The first-order chi connectivity index (χ1) is 8.90. The SMILES string of the molecule is Cc1c(CC(=O)O)nnn1-c1cc(Cl)c(Cl)cc1Cl. The first kappa shape index (κ1) is 14.1. The van der Waals surface area contributed by atoms with Gasteiger partial charge in [-0.25, -0.2) is 4.68 Å². The maximum Gasteiger partial charge on any atom is 0.309 e. The Labute approximate surface area is 123 Å². The van der Waals surface area contributed by atoms with E-state index in [4.69, 9.17) is 39.9 Å². The van der Waals surface area contributed by atoms with Crippen molar-refractivity contribution in [1.82, 2.24) is 15.0 Å². The van der Waals surface area contributed by atoms with Crippen LogP contribution in [0.3, 0.4) is 0 Å². The summed E-state index contributed by atoms with van der Waals surface area (Å²) in [6.45, 7) is 1.71. The summed E-state index contributed by atoms with van der Waals surface area (Å²) < 4.78 is 1.43. The minimum absolute atomic E-state index is 0.204. The summed E-state index contributed by atoms with van der Waals surface area (Å²) in [5.41, 5.74) is 1.45. The molecule has 0 aliphatic carbocycles. The molecular formula is C11H8Cl3N3O2. The molecule has 0 saturated heterocycles. The van der Waals surface area contributed by atoms with Crippen molar-refractivity contribution in [2.75, 3.05) is 0 Å². The summed E-state index contributed by atoms with van der Waals surface area (Å²) in [5.74, 6) is -0.976. The Bertz CT molecular complexity index is 655. The van der Waals surface area contributed by atoms with Crippen molar-refractivity contribution in [2.45, 2.75) is 13.3 Å². The third-order valence-electron chi connectivity index (χ3n) is 2.53. The standard InChI is InChI=1S/C11H8Cl3N3O2/c1-5-9(4-11(18)19)15-16-17(5)10-3-7(13)6(12)2-8(10)14/h2-3H,4H2,1H3,(H,18,19). The number of carboxylic acid groups (broad SMARTS) is 1. The molecule has 0 aliphatic rings. The summed E-state index contributed by atoms with van der Waals surface area (Å²) in [6.07, 6.45) is -0.204. The Kier molecular flexibility index (Phi) is 3.99. The molecule has 0 saturated carbocycles. The lowest BCUT2D eigenvalue weighted by Gasteiger charge is -2.07. The van der Waals surface area contributed by atoms with Gasteiger partial charge in [0.25, 0.3) is 0 Å². The molecule has 2 aromatic rings. The second-order valence-corrected chi connectivity index (χ2v) is 5.04. The van der Waals surface area contributed by atoms with Crippen LogP contribution in [0.5, 0.6) is 0 Å². The zero-order valence-corrected chi connectivity index (χ0v) is 12.0. The van der Waals surface area contributed by atoms with Gasteiger partial charge in [0.2, 0.25) is 0 Å². The molecule has 1 N–H and O–H groups in total. The minimum Gasteiger partial charge on any atom is -0.481 e. The highest BCUT2D eigenvalue weighted by molar-refractivity contribution is 6.43. The van der Waals surface area contributed by atoms with E-state index in [2.05, 4.69) is 10.3 Å². The maximum absolute atomic E-state index is 10.7. The Hall–Kier alpha value is -1.30. The first-order valence-corrected chi connectivity index (χ1v) is 6.31. The van der Waals surface area contributed by atoms with E-state index >= 15 is 0 Å². The summed E-state index contributed by atoms with van der Waals surface area (Å²) >= 11 is 17.9. The van der Waals surface area contributed by atoms with Gasteiger partial charge >= 0.3 is 5.97 Å². The van der Waals surface area contributed by atoms with Crippen LogP contribution in [0.1, 0.15) is 11.4 Å². The second-order valence-electron chi connectivity index (χ2n) is 3.82. The molecule has 0 radical (unpaired) electrons. The van der Waals surface area contributed by atoms with Gasteiger partial charge in [0.15, 0.2) is 0 Å². The predicted octanol–water partition coefficient (Wildman–Crippen LogP) is 3.16. The van der Waals surface area contributed by atoms with Crippen LogP contribution in [0.25, 0.3) is 5.69 Å². The maximum atomic E-state index is 10.7. The van der Waals surface area contributed by atoms with E-state index in [0.29, 0.717) is 32.1 Å². The number of benzene rings is 1. The molecule has 0 aliphatic heterocycles. The molecule has 5 nitrogen and oxygen atoms in total. The Morgan fingerprint density at radius 1 is 1.26 bits per heavy atom. The van der Waals surface area contributed by atoms with Crippen LogP contribution < -0.4 is 0 Å². The molecule has 1 aromatic heterocycles. The molecule has 0 atom stereocenters. The topological polar surface area (TPSA) is 68.0 Å². The summed E-state index contributed by atoms with van der Waals surface area (Å²) in [4.78, 5) is 10.7. The Balaban J connectivity index is 2.51. The van der Waals surface area contributed by atoms with Gasteiger partial charge in [-0.15, -0.1) is 5.10 Å². The number of rotatable bonds is 3. The first-order valence-electron chi connectivity index (χ1n) is 5.18. The molecule has 8 heteroatoms. The minimum atomic E-state index is -0.976. The molecule has 1 heterocycles. The zero-order valence-electron chi connectivity index (χ0n) is 9.69. The van der Waals surface area contributed by atoms with Gasteiger partial charge in [0.1, 0.15) is 0 Å². The third-order valence-corrected chi connectivity index (χ3v) is 3.55. The van der Waals surface area contributed by atoms with E-state index in [1.54, 1.807) is 13.0 Å². The lowest BCUT2D eigenvalue weighted by molar-refractivity contribution is -0.136. The van der Waals surface area contributed by atoms with Gasteiger partial charge in [-0.1, -0.05) is 40.0 Å². The van der Waals surface area contributed by atoms with Crippen molar-refractivity contribution in [1.29, 1.82) is 0 Å². The zero-order chi connectivity index (χ0) is 14.2. The quantitative estimate of drug-likeness (QED) is 0.882. The van der Waals surface area contributed by atoms with Crippen molar-refractivity contribution in [2.24, 2.45) is 0 Å². The number of carboxylic acids is 1. The van der Waals surface area contributed by atoms with Gasteiger partial charge in [0.05, 0.1) is 38.6 Å². The smallest absolute Gasteiger partial charge is 0.309 e. The summed E-state index contributed by atoms with van der Waals surface area (Å²) in [5, 5.41) is 17.5. The molecule has 0 unspecified atom stereocenters. The number of carbonyl (C=O) groups is 1. The lowest BCUT2D eigenvalue weighted by atomic mass is 10.2. The molecule has 0 fully saturated rings. The van der Waals surface area contributed by atoms with E-state index in [1.807, 2.05) is 0 Å². The van der Waals surface area contributed by atoms with Gasteiger partial charge in [-0.2, -0.15) is 0 Å². The summed E-state index contributed by atoms with van der Waals surface area (Å²) in [7, 11) is 0. The molecular weight excluding hydrogens is 312 g/mol. The van der Waals surface area contributed by atoms with E-state index < -0.39 is 5.97 Å². The van der Waals surface area contributed by atoms with Crippen molar-refractivity contribution in [3.05, 3.63) is 38.6 Å². The highest BCUT2D eigenvalue weighted by atomic mass is 35.5. The number of nitrogens with zero attached hydrogens (tertiary/aromatic N) is 3. The van der Waals surface area contributed by atoms with Crippen LogP contribution in [-0.2, 0) is 11.2 Å². The number of aliphatic carboxylic acids is 1. The third kappa shape index (κ3) is 2.83. The Morgan fingerprint density at radius 3 is 2.53 bits per heavy atom. The fourth-order valence-electron chi connectivity index (χ4n) is 1.57. The van der Waals surface area contributed by atoms with Crippen LogP contribution in [-0.4, -0.2) is 26.1 Å². The average Bonchev–Trinajstić information content (AvgIpc) is 2.65. The van der Waals surface area contributed by atoms with Crippen LogP contribution in [0, 0.1) is 6.92 Å². The van der Waals surface area contributed by atoms with Crippen LogP contribution in [0.15, 0.2) is 12.1 Å². The molecule has 1 aromatic carbocycles. The lowest BCUT2D eigenvalue weighted by Crippen LogP contribution is -2.04. The van der Waals surface area contributed by atoms with Crippen LogP contribution >= 0.6 is 34.8 Å². The van der Waals surface area contributed by atoms with Crippen molar-refractivity contribution in [3.8, 4) is 5.69 Å². The van der Waals surface area contributed by atoms with E-state index in [1.165, 1.54) is 10.7 Å².